The molecule has 0 aliphatic heterocycles. The van der Waals surface area contributed by atoms with Crippen LogP contribution in [0.25, 0.3) is 11.1 Å². The summed E-state index contributed by atoms with van der Waals surface area (Å²) in [5.74, 6) is -10.7. The average molecular weight is 355 g/mol. The lowest BCUT2D eigenvalue weighted by Gasteiger charge is -2.18. The van der Waals surface area contributed by atoms with Gasteiger partial charge in [0, 0.05) is 11.3 Å². The summed E-state index contributed by atoms with van der Waals surface area (Å²) in [5, 5.41) is 9.30. The fraction of sp³-hybridized carbons (Fsp3) is 0.294. The van der Waals surface area contributed by atoms with Crippen molar-refractivity contribution in [2.24, 2.45) is 0 Å². The minimum atomic E-state index is -2.26. The van der Waals surface area contributed by atoms with Gasteiger partial charge in [-0.15, -0.1) is 0 Å². The second-order valence-electron chi connectivity index (χ2n) is 5.33. The lowest BCUT2D eigenvalue weighted by Crippen LogP contribution is -2.11. The van der Waals surface area contributed by atoms with Gasteiger partial charge in [-0.2, -0.15) is 5.26 Å². The highest BCUT2D eigenvalue weighted by atomic mass is 19.2. The van der Waals surface area contributed by atoms with Gasteiger partial charge in [0.15, 0.2) is 23.3 Å². The van der Waals surface area contributed by atoms with E-state index in [1.807, 2.05) is 6.92 Å². The van der Waals surface area contributed by atoms with Crippen LogP contribution in [-0.4, -0.2) is 4.98 Å². The van der Waals surface area contributed by atoms with Crippen molar-refractivity contribution >= 4 is 5.82 Å². The molecule has 0 aliphatic rings. The first-order valence-corrected chi connectivity index (χ1v) is 7.53. The maximum Gasteiger partial charge on any atom is 0.200 e. The van der Waals surface area contributed by atoms with Crippen LogP contribution in [0, 0.1) is 40.4 Å². The fourth-order valence-corrected chi connectivity index (χ4v) is 2.73. The van der Waals surface area contributed by atoms with Gasteiger partial charge >= 0.3 is 0 Å². The topological polar surface area (TPSA) is 62.7 Å². The molecule has 25 heavy (non-hydrogen) atoms. The highest BCUT2D eigenvalue weighted by Crippen LogP contribution is 2.38. The highest BCUT2D eigenvalue weighted by Gasteiger charge is 2.31. The summed E-state index contributed by atoms with van der Waals surface area (Å²) in [7, 11) is 0. The minimum Gasteiger partial charge on any atom is -0.383 e. The summed E-state index contributed by atoms with van der Waals surface area (Å²) in [4.78, 5) is 4.06. The number of nitriles is 1. The number of pyridine rings is 1. The quantitative estimate of drug-likeness (QED) is 0.502. The molecular weight excluding hydrogens is 341 g/mol. The molecule has 1 heterocycles. The van der Waals surface area contributed by atoms with Crippen molar-refractivity contribution in [3.05, 3.63) is 45.9 Å². The van der Waals surface area contributed by atoms with Crippen LogP contribution >= 0.6 is 0 Å². The van der Waals surface area contributed by atoms with E-state index in [1.165, 1.54) is 0 Å². The molecule has 0 saturated carbocycles. The Morgan fingerprint density at radius 1 is 0.920 bits per heavy atom. The van der Waals surface area contributed by atoms with Gasteiger partial charge in [-0.25, -0.2) is 26.9 Å². The Kier molecular flexibility index (Phi) is 5.26. The zero-order chi connectivity index (χ0) is 18.9. The predicted molar refractivity (Wildman–Crippen MR) is 82.0 cm³/mol. The first-order chi connectivity index (χ1) is 11.8. The molecule has 132 valence electrons. The summed E-state index contributed by atoms with van der Waals surface area (Å²) in [5.41, 5.74) is 4.32. The zero-order valence-corrected chi connectivity index (χ0v) is 13.5. The fourth-order valence-electron chi connectivity index (χ4n) is 2.73. The van der Waals surface area contributed by atoms with Crippen molar-refractivity contribution in [2.75, 3.05) is 5.73 Å². The molecule has 2 aromatic rings. The monoisotopic (exact) mass is 355 g/mol. The maximum absolute atomic E-state index is 14.3. The maximum atomic E-state index is 14.3. The van der Waals surface area contributed by atoms with E-state index in [9.17, 15) is 27.2 Å². The lowest BCUT2D eigenvalue weighted by molar-refractivity contribution is 0.381. The molecule has 1 aromatic heterocycles. The van der Waals surface area contributed by atoms with Crippen LogP contribution in [0.3, 0.4) is 0 Å². The molecule has 1 aromatic carbocycles. The summed E-state index contributed by atoms with van der Waals surface area (Å²) in [6.07, 6.45) is 1.16. The van der Waals surface area contributed by atoms with Crippen molar-refractivity contribution in [1.29, 1.82) is 5.26 Å². The molecule has 2 rings (SSSR count). The van der Waals surface area contributed by atoms with Crippen LogP contribution in [0.1, 0.15) is 37.1 Å². The number of halogens is 5. The second-order valence-corrected chi connectivity index (χ2v) is 5.33. The van der Waals surface area contributed by atoms with E-state index in [1.54, 1.807) is 13.0 Å². The number of hydrogen-bond acceptors (Lipinski definition) is 3. The molecule has 0 bridgehead atoms. The molecule has 0 amide bonds. The molecule has 8 heteroatoms. The molecule has 0 fully saturated rings. The van der Waals surface area contributed by atoms with E-state index in [0.717, 1.165) is 0 Å². The first kappa shape index (κ1) is 18.6. The van der Waals surface area contributed by atoms with Crippen molar-refractivity contribution in [3.8, 4) is 17.2 Å². The molecule has 0 unspecified atom stereocenters. The summed E-state index contributed by atoms with van der Waals surface area (Å²) < 4.78 is 69.1. The van der Waals surface area contributed by atoms with Crippen molar-refractivity contribution < 1.29 is 22.0 Å². The van der Waals surface area contributed by atoms with Crippen molar-refractivity contribution in [3.63, 3.8) is 0 Å². The number of anilines is 1. The number of nitrogen functional groups attached to an aromatic ring is 1. The summed E-state index contributed by atoms with van der Waals surface area (Å²) in [6.45, 7) is 3.46. The number of aromatic nitrogens is 1. The standard InChI is InChI=1S/C17H14F5N3/c1-3-5-9-7(4-2)10(8(6-23)17(24)25-9)11-12(18)14(20)16(22)15(21)13(11)19/h3-5H2,1-2H3,(H2,24,25). The van der Waals surface area contributed by atoms with Gasteiger partial charge < -0.3 is 5.73 Å². The third kappa shape index (κ3) is 2.90. The van der Waals surface area contributed by atoms with Crippen LogP contribution in [0.4, 0.5) is 27.8 Å². The number of hydrogen-bond donors (Lipinski definition) is 1. The average Bonchev–Trinajstić information content (AvgIpc) is 2.59. The number of aryl methyl sites for hydroxylation is 1. The van der Waals surface area contributed by atoms with Crippen LogP contribution in [0.15, 0.2) is 0 Å². The van der Waals surface area contributed by atoms with E-state index in [0.29, 0.717) is 18.5 Å². The molecule has 0 aliphatic carbocycles. The highest BCUT2D eigenvalue weighted by molar-refractivity contribution is 5.80. The molecule has 0 saturated heterocycles. The van der Waals surface area contributed by atoms with Gasteiger partial charge in [-0.1, -0.05) is 20.3 Å². The van der Waals surface area contributed by atoms with Gasteiger partial charge in [0.25, 0.3) is 0 Å². The third-order valence-corrected chi connectivity index (χ3v) is 3.82. The van der Waals surface area contributed by atoms with Gasteiger partial charge in [-0.3, -0.25) is 0 Å². The molecule has 3 nitrogen and oxygen atoms in total. The first-order valence-electron chi connectivity index (χ1n) is 7.53. The molecule has 2 N–H and O–H groups in total. The molecule has 0 radical (unpaired) electrons. The van der Waals surface area contributed by atoms with Gasteiger partial charge in [0.1, 0.15) is 17.5 Å². The van der Waals surface area contributed by atoms with Crippen molar-refractivity contribution in [2.45, 2.75) is 33.1 Å². The van der Waals surface area contributed by atoms with E-state index in [4.69, 9.17) is 5.73 Å². The second kappa shape index (κ2) is 7.05. The lowest BCUT2D eigenvalue weighted by atomic mass is 9.90. The Hall–Kier alpha value is -2.69. The normalized spacial score (nSPS) is 10.8. The molecule has 0 atom stereocenters. The van der Waals surface area contributed by atoms with Gasteiger partial charge in [0.2, 0.25) is 5.82 Å². The zero-order valence-electron chi connectivity index (χ0n) is 13.5. The number of nitrogens with two attached hydrogens (primary N) is 1. The van der Waals surface area contributed by atoms with Gasteiger partial charge in [-0.05, 0) is 18.4 Å². The van der Waals surface area contributed by atoms with Crippen molar-refractivity contribution in [1.82, 2.24) is 4.98 Å². The SMILES string of the molecule is CCCc1nc(N)c(C#N)c(-c2c(F)c(F)c(F)c(F)c2F)c1CC. The van der Waals surface area contributed by atoms with Crippen LogP contribution in [0.5, 0.6) is 0 Å². The minimum absolute atomic E-state index is 0.173. The smallest absolute Gasteiger partial charge is 0.200 e. The van der Waals surface area contributed by atoms with Crippen LogP contribution in [-0.2, 0) is 12.8 Å². The Balaban J connectivity index is 3.05. The Morgan fingerprint density at radius 2 is 1.44 bits per heavy atom. The summed E-state index contributed by atoms with van der Waals surface area (Å²) >= 11 is 0. The molecular formula is C17H14F5N3. The Bertz CT molecular complexity index is 858. The third-order valence-electron chi connectivity index (χ3n) is 3.82. The van der Waals surface area contributed by atoms with E-state index in [2.05, 4.69) is 4.98 Å². The predicted octanol–water partition coefficient (Wildman–Crippen LogP) is 4.41. The van der Waals surface area contributed by atoms with E-state index >= 15 is 0 Å². The van der Waals surface area contributed by atoms with E-state index < -0.39 is 45.8 Å². The van der Waals surface area contributed by atoms with E-state index in [-0.39, 0.29) is 17.8 Å². The summed E-state index contributed by atoms with van der Waals surface area (Å²) in [6, 6.07) is 1.65. The Labute approximate surface area is 140 Å². The number of nitrogens with zero attached hydrogens (tertiary/aromatic N) is 2. The van der Waals surface area contributed by atoms with Crippen LogP contribution < -0.4 is 5.73 Å². The number of benzene rings is 1. The number of rotatable bonds is 4. The Morgan fingerprint density at radius 3 is 1.88 bits per heavy atom. The van der Waals surface area contributed by atoms with Crippen LogP contribution in [0.2, 0.25) is 0 Å². The molecule has 0 spiro atoms. The largest absolute Gasteiger partial charge is 0.383 e. The van der Waals surface area contributed by atoms with Gasteiger partial charge in [0.05, 0.1) is 5.56 Å².